The van der Waals surface area contributed by atoms with E-state index < -0.39 is 11.9 Å². The molecule has 1 aliphatic heterocycles. The maximum Gasteiger partial charge on any atom is 0.354 e. The Morgan fingerprint density at radius 2 is 2.55 bits per heavy atom. The Hall–Kier alpha value is -0.870. The molecule has 1 saturated heterocycles. The second-order valence-corrected chi connectivity index (χ2v) is 2.03. The van der Waals surface area contributed by atoms with E-state index in [1.807, 2.05) is 0 Å². The third kappa shape index (κ3) is 2.03. The zero-order valence-corrected chi connectivity index (χ0v) is 6.33. The van der Waals surface area contributed by atoms with Crippen LogP contribution in [-0.2, 0) is 19.0 Å². The summed E-state index contributed by atoms with van der Waals surface area (Å²) in [5.74, 6) is -1.63. The summed E-state index contributed by atoms with van der Waals surface area (Å²) in [6.07, 6.45) is 1.07. The van der Waals surface area contributed by atoms with Crippen molar-refractivity contribution in [1.82, 2.24) is 0 Å². The largest absolute Gasteiger partial charge is 0.402 e. The van der Waals surface area contributed by atoms with E-state index in [2.05, 4.69) is 6.58 Å². The monoisotopic (exact) mass is 158 g/mol. The molecule has 0 radical (unpaired) electrons. The molecule has 0 aromatic rings. The summed E-state index contributed by atoms with van der Waals surface area (Å²) in [7, 11) is 0. The number of ether oxygens (including phenoxy) is 3. The maximum atomic E-state index is 10.6. The number of carbonyl (C=O) groups excluding carboxylic acids is 1. The van der Waals surface area contributed by atoms with Gasteiger partial charge in [0.1, 0.15) is 6.61 Å². The standard InChI is InChI=1S/C7H10O4/c1-3-6(8)11-7(5-10-7)9-4-2/h3H,1,4-5H2,2H3. The van der Waals surface area contributed by atoms with Gasteiger partial charge in [0, 0.05) is 6.08 Å². The molecule has 1 atom stereocenters. The minimum atomic E-state index is -1.10. The van der Waals surface area contributed by atoms with Crippen molar-refractivity contribution in [2.75, 3.05) is 13.2 Å². The predicted octanol–water partition coefficient (Wildman–Crippen LogP) is 0.436. The topological polar surface area (TPSA) is 48.1 Å². The van der Waals surface area contributed by atoms with E-state index in [1.165, 1.54) is 0 Å². The average Bonchev–Trinajstić information content (AvgIpc) is 2.70. The van der Waals surface area contributed by atoms with Gasteiger partial charge >= 0.3 is 11.9 Å². The van der Waals surface area contributed by atoms with Gasteiger partial charge in [0.05, 0.1) is 6.61 Å². The van der Waals surface area contributed by atoms with E-state index in [-0.39, 0.29) is 0 Å². The molecule has 0 N–H and O–H groups in total. The Bertz CT molecular complexity index is 171. The molecule has 0 amide bonds. The molecule has 1 fully saturated rings. The molecule has 1 heterocycles. The second kappa shape index (κ2) is 3.02. The highest BCUT2D eigenvalue weighted by molar-refractivity contribution is 5.81. The van der Waals surface area contributed by atoms with Crippen LogP contribution in [0.5, 0.6) is 0 Å². The van der Waals surface area contributed by atoms with Gasteiger partial charge in [0.15, 0.2) is 0 Å². The zero-order valence-electron chi connectivity index (χ0n) is 6.33. The zero-order chi connectivity index (χ0) is 8.32. The summed E-state index contributed by atoms with van der Waals surface area (Å²) in [4.78, 5) is 10.6. The maximum absolute atomic E-state index is 10.6. The predicted molar refractivity (Wildman–Crippen MR) is 36.6 cm³/mol. The van der Waals surface area contributed by atoms with Crippen LogP contribution in [-0.4, -0.2) is 25.2 Å². The minimum Gasteiger partial charge on any atom is -0.402 e. The van der Waals surface area contributed by atoms with Gasteiger partial charge in [-0.05, 0) is 6.92 Å². The number of hydrogen-bond acceptors (Lipinski definition) is 4. The van der Waals surface area contributed by atoms with Crippen molar-refractivity contribution >= 4 is 5.97 Å². The van der Waals surface area contributed by atoms with Crippen LogP contribution >= 0.6 is 0 Å². The van der Waals surface area contributed by atoms with Crippen molar-refractivity contribution in [2.45, 2.75) is 12.9 Å². The summed E-state index contributed by atoms with van der Waals surface area (Å²) in [6, 6.07) is 0. The van der Waals surface area contributed by atoms with Crippen LogP contribution in [0.3, 0.4) is 0 Å². The first-order chi connectivity index (χ1) is 5.22. The molecule has 1 aliphatic rings. The number of epoxide rings is 1. The molecule has 0 aliphatic carbocycles. The van der Waals surface area contributed by atoms with Gasteiger partial charge in [-0.15, -0.1) is 0 Å². The quantitative estimate of drug-likeness (QED) is 0.258. The minimum absolute atomic E-state index is 0.306. The number of carbonyl (C=O) groups is 1. The molecule has 0 spiro atoms. The van der Waals surface area contributed by atoms with Gasteiger partial charge in [0.2, 0.25) is 0 Å². The molecule has 4 nitrogen and oxygen atoms in total. The van der Waals surface area contributed by atoms with Crippen molar-refractivity contribution in [1.29, 1.82) is 0 Å². The lowest BCUT2D eigenvalue weighted by Crippen LogP contribution is -2.23. The molecule has 4 heteroatoms. The number of hydrogen-bond donors (Lipinski definition) is 0. The Kier molecular flexibility index (Phi) is 2.26. The average molecular weight is 158 g/mol. The number of rotatable bonds is 4. The van der Waals surface area contributed by atoms with Crippen molar-refractivity contribution in [3.05, 3.63) is 12.7 Å². The lowest BCUT2D eigenvalue weighted by molar-refractivity contribution is -0.218. The van der Waals surface area contributed by atoms with Crippen molar-refractivity contribution < 1.29 is 19.0 Å². The van der Waals surface area contributed by atoms with Crippen LogP contribution in [0.25, 0.3) is 0 Å². The van der Waals surface area contributed by atoms with Crippen LogP contribution in [0.1, 0.15) is 6.92 Å². The fourth-order valence-electron chi connectivity index (χ4n) is 0.645. The van der Waals surface area contributed by atoms with E-state index in [4.69, 9.17) is 14.2 Å². The third-order valence-corrected chi connectivity index (χ3v) is 1.17. The lowest BCUT2D eigenvalue weighted by Gasteiger charge is -2.09. The number of esters is 1. The summed E-state index contributed by atoms with van der Waals surface area (Å²) < 4.78 is 14.5. The molecule has 1 rings (SSSR count). The van der Waals surface area contributed by atoms with E-state index >= 15 is 0 Å². The summed E-state index contributed by atoms with van der Waals surface area (Å²) in [6.45, 7) is 5.80. The molecule has 0 saturated carbocycles. The second-order valence-electron chi connectivity index (χ2n) is 2.03. The first-order valence-electron chi connectivity index (χ1n) is 3.36. The molecule has 0 aromatic heterocycles. The highest BCUT2D eigenvalue weighted by Crippen LogP contribution is 2.29. The van der Waals surface area contributed by atoms with Crippen LogP contribution in [0.4, 0.5) is 0 Å². The smallest absolute Gasteiger partial charge is 0.354 e. The van der Waals surface area contributed by atoms with E-state index in [9.17, 15) is 4.79 Å². The molecule has 1 unspecified atom stereocenters. The Morgan fingerprint density at radius 3 is 2.91 bits per heavy atom. The molecule has 0 bridgehead atoms. The molecular formula is C7H10O4. The van der Waals surface area contributed by atoms with Gasteiger partial charge in [-0.25, -0.2) is 4.79 Å². The van der Waals surface area contributed by atoms with Gasteiger partial charge in [-0.2, -0.15) is 0 Å². The van der Waals surface area contributed by atoms with Gasteiger partial charge in [-0.3, -0.25) is 0 Å². The van der Waals surface area contributed by atoms with E-state index in [1.54, 1.807) is 6.92 Å². The summed E-state index contributed by atoms with van der Waals surface area (Å²) in [5, 5.41) is 0. The normalized spacial score (nSPS) is 27.7. The fourth-order valence-corrected chi connectivity index (χ4v) is 0.645. The first-order valence-corrected chi connectivity index (χ1v) is 3.36. The summed E-state index contributed by atoms with van der Waals surface area (Å²) >= 11 is 0. The Morgan fingerprint density at radius 1 is 1.91 bits per heavy atom. The first kappa shape index (κ1) is 8.23. The highest BCUT2D eigenvalue weighted by atomic mass is 16.9. The molecular weight excluding hydrogens is 148 g/mol. The SMILES string of the molecule is C=CC(=O)OC1(OCC)CO1. The van der Waals surface area contributed by atoms with Crippen LogP contribution in [0.2, 0.25) is 0 Å². The van der Waals surface area contributed by atoms with Crippen molar-refractivity contribution in [3.8, 4) is 0 Å². The van der Waals surface area contributed by atoms with Crippen LogP contribution in [0, 0.1) is 0 Å². The van der Waals surface area contributed by atoms with Gasteiger partial charge in [-0.1, -0.05) is 6.58 Å². The van der Waals surface area contributed by atoms with E-state index in [0.717, 1.165) is 6.08 Å². The molecule has 62 valence electrons. The highest BCUT2D eigenvalue weighted by Gasteiger charge is 2.51. The fraction of sp³-hybridized carbons (Fsp3) is 0.571. The Labute approximate surface area is 64.7 Å². The van der Waals surface area contributed by atoms with Gasteiger partial charge in [0.25, 0.3) is 0 Å². The van der Waals surface area contributed by atoms with Gasteiger partial charge < -0.3 is 14.2 Å². The molecule has 0 aromatic carbocycles. The Balaban J connectivity index is 2.34. The van der Waals surface area contributed by atoms with Crippen molar-refractivity contribution in [3.63, 3.8) is 0 Å². The lowest BCUT2D eigenvalue weighted by atomic mass is 10.6. The van der Waals surface area contributed by atoms with Crippen molar-refractivity contribution in [2.24, 2.45) is 0 Å². The van der Waals surface area contributed by atoms with E-state index in [0.29, 0.717) is 13.2 Å². The van der Waals surface area contributed by atoms with Crippen LogP contribution < -0.4 is 0 Å². The van der Waals surface area contributed by atoms with Crippen LogP contribution in [0.15, 0.2) is 12.7 Å². The summed E-state index contributed by atoms with van der Waals surface area (Å²) in [5.41, 5.74) is 0. The third-order valence-electron chi connectivity index (χ3n) is 1.17. The molecule has 11 heavy (non-hydrogen) atoms.